The van der Waals surface area contributed by atoms with Gasteiger partial charge in [-0.05, 0) is 39.8 Å². The van der Waals surface area contributed by atoms with Crippen LogP contribution >= 0.6 is 0 Å². The van der Waals surface area contributed by atoms with Crippen molar-refractivity contribution >= 4 is 0 Å². The maximum atomic E-state index is 8.69. The number of aliphatic hydroxyl groups excluding tert-OH is 1. The summed E-state index contributed by atoms with van der Waals surface area (Å²) in [5.74, 6) is 0. The second-order valence-corrected chi connectivity index (χ2v) is 4.38. The Bertz CT molecular complexity index is 117. The lowest BCUT2D eigenvalue weighted by Crippen LogP contribution is -2.34. The molecule has 0 saturated heterocycles. The molecule has 0 aliphatic carbocycles. The number of nitrogens with zero attached hydrogens (tertiary/aromatic N) is 1. The van der Waals surface area contributed by atoms with Gasteiger partial charge in [0.25, 0.3) is 0 Å². The SMILES string of the molecule is CCCCN(C)CCNC(C)CCCO. The Hall–Kier alpha value is -0.120. The summed E-state index contributed by atoms with van der Waals surface area (Å²) < 4.78 is 0. The third kappa shape index (κ3) is 10.2. The van der Waals surface area contributed by atoms with E-state index < -0.39 is 0 Å². The van der Waals surface area contributed by atoms with E-state index in [4.69, 9.17) is 5.11 Å². The van der Waals surface area contributed by atoms with Crippen molar-refractivity contribution in [2.24, 2.45) is 0 Å². The number of rotatable bonds is 10. The Morgan fingerprint density at radius 2 is 2.00 bits per heavy atom. The van der Waals surface area contributed by atoms with Crippen molar-refractivity contribution in [3.63, 3.8) is 0 Å². The Balaban J connectivity index is 3.27. The van der Waals surface area contributed by atoms with Crippen molar-refractivity contribution in [2.45, 2.75) is 45.6 Å². The van der Waals surface area contributed by atoms with Crippen molar-refractivity contribution in [1.29, 1.82) is 0 Å². The second-order valence-electron chi connectivity index (χ2n) is 4.38. The molecule has 0 aliphatic heterocycles. The highest BCUT2D eigenvalue weighted by Crippen LogP contribution is 1.95. The van der Waals surface area contributed by atoms with Gasteiger partial charge in [0.2, 0.25) is 0 Å². The lowest BCUT2D eigenvalue weighted by molar-refractivity contribution is 0.273. The monoisotopic (exact) mass is 216 g/mol. The predicted octanol–water partition coefficient (Wildman–Crippen LogP) is 1.47. The number of nitrogens with one attached hydrogen (secondary N) is 1. The lowest BCUT2D eigenvalue weighted by Gasteiger charge is -2.18. The van der Waals surface area contributed by atoms with Crippen LogP contribution in [-0.4, -0.2) is 49.3 Å². The van der Waals surface area contributed by atoms with Gasteiger partial charge in [-0.3, -0.25) is 0 Å². The minimum absolute atomic E-state index is 0.308. The van der Waals surface area contributed by atoms with Gasteiger partial charge in [0, 0.05) is 25.7 Å². The summed E-state index contributed by atoms with van der Waals surface area (Å²) in [6.07, 6.45) is 4.52. The summed E-state index contributed by atoms with van der Waals surface area (Å²) in [5, 5.41) is 12.2. The number of hydrogen-bond donors (Lipinski definition) is 2. The molecule has 2 N–H and O–H groups in total. The summed E-state index contributed by atoms with van der Waals surface area (Å²) in [5.41, 5.74) is 0. The second kappa shape index (κ2) is 10.4. The molecule has 0 saturated carbocycles. The first-order valence-corrected chi connectivity index (χ1v) is 6.23. The van der Waals surface area contributed by atoms with Gasteiger partial charge in [-0.1, -0.05) is 13.3 Å². The predicted molar refractivity (Wildman–Crippen MR) is 66.2 cm³/mol. The van der Waals surface area contributed by atoms with Crippen molar-refractivity contribution in [2.75, 3.05) is 33.3 Å². The van der Waals surface area contributed by atoms with Crippen LogP contribution in [0.15, 0.2) is 0 Å². The van der Waals surface area contributed by atoms with Gasteiger partial charge >= 0.3 is 0 Å². The Kier molecular flexibility index (Phi) is 10.3. The van der Waals surface area contributed by atoms with Gasteiger partial charge in [-0.2, -0.15) is 0 Å². The van der Waals surface area contributed by atoms with E-state index in [1.54, 1.807) is 0 Å². The van der Waals surface area contributed by atoms with Crippen LogP contribution in [0.5, 0.6) is 0 Å². The highest BCUT2D eigenvalue weighted by atomic mass is 16.2. The summed E-state index contributed by atoms with van der Waals surface area (Å²) in [7, 11) is 2.18. The van der Waals surface area contributed by atoms with Gasteiger partial charge < -0.3 is 15.3 Å². The van der Waals surface area contributed by atoms with Crippen molar-refractivity contribution in [3.05, 3.63) is 0 Å². The van der Waals surface area contributed by atoms with Crippen LogP contribution in [0.1, 0.15) is 39.5 Å². The number of hydrogen-bond acceptors (Lipinski definition) is 3. The Morgan fingerprint density at radius 3 is 2.60 bits per heavy atom. The first kappa shape index (κ1) is 14.9. The molecule has 0 aromatic carbocycles. The van der Waals surface area contributed by atoms with Crippen molar-refractivity contribution in [1.82, 2.24) is 10.2 Å². The molecule has 0 aromatic rings. The average molecular weight is 216 g/mol. The lowest BCUT2D eigenvalue weighted by atomic mass is 10.2. The van der Waals surface area contributed by atoms with Crippen molar-refractivity contribution < 1.29 is 5.11 Å². The van der Waals surface area contributed by atoms with E-state index in [-0.39, 0.29) is 0 Å². The molecule has 0 bridgehead atoms. The van der Waals surface area contributed by atoms with E-state index in [0.29, 0.717) is 12.6 Å². The van der Waals surface area contributed by atoms with Gasteiger partial charge in [0.15, 0.2) is 0 Å². The quantitative estimate of drug-likeness (QED) is 0.580. The fraction of sp³-hybridized carbons (Fsp3) is 1.00. The molecular formula is C12H28N2O. The molecule has 0 fully saturated rings. The highest BCUT2D eigenvalue weighted by Gasteiger charge is 2.01. The van der Waals surface area contributed by atoms with E-state index in [9.17, 15) is 0 Å². The van der Waals surface area contributed by atoms with Gasteiger partial charge in [-0.25, -0.2) is 0 Å². The van der Waals surface area contributed by atoms with Crippen LogP contribution in [0.2, 0.25) is 0 Å². The van der Waals surface area contributed by atoms with Crippen molar-refractivity contribution in [3.8, 4) is 0 Å². The number of likely N-dealkylation sites (N-methyl/N-ethyl adjacent to an activating group) is 1. The molecule has 1 unspecified atom stereocenters. The molecule has 0 heterocycles. The normalized spacial score (nSPS) is 13.4. The fourth-order valence-electron chi connectivity index (χ4n) is 1.54. The fourth-order valence-corrected chi connectivity index (χ4v) is 1.54. The third-order valence-corrected chi connectivity index (χ3v) is 2.67. The summed E-state index contributed by atoms with van der Waals surface area (Å²) in [6, 6.07) is 0.525. The van der Waals surface area contributed by atoms with E-state index in [2.05, 4.69) is 31.1 Å². The van der Waals surface area contributed by atoms with E-state index in [1.807, 2.05) is 0 Å². The van der Waals surface area contributed by atoms with E-state index in [1.165, 1.54) is 19.4 Å². The molecule has 0 aliphatic rings. The smallest absolute Gasteiger partial charge is 0.0431 e. The maximum Gasteiger partial charge on any atom is 0.0431 e. The zero-order valence-electron chi connectivity index (χ0n) is 10.6. The molecule has 15 heavy (non-hydrogen) atoms. The molecule has 0 amide bonds. The molecule has 3 heteroatoms. The molecule has 0 spiro atoms. The molecular weight excluding hydrogens is 188 g/mol. The zero-order chi connectivity index (χ0) is 11.5. The van der Waals surface area contributed by atoms with Gasteiger partial charge in [0.1, 0.15) is 0 Å². The molecule has 0 aromatic heterocycles. The van der Waals surface area contributed by atoms with Crippen LogP contribution < -0.4 is 5.32 Å². The highest BCUT2D eigenvalue weighted by molar-refractivity contribution is 4.62. The third-order valence-electron chi connectivity index (χ3n) is 2.67. The summed E-state index contributed by atoms with van der Waals surface area (Å²) in [6.45, 7) is 8.08. The van der Waals surface area contributed by atoms with Crippen LogP contribution in [0.4, 0.5) is 0 Å². The summed E-state index contributed by atoms with van der Waals surface area (Å²) in [4.78, 5) is 2.37. The topological polar surface area (TPSA) is 35.5 Å². The van der Waals surface area contributed by atoms with Crippen LogP contribution in [0.25, 0.3) is 0 Å². The van der Waals surface area contributed by atoms with Gasteiger partial charge in [0.05, 0.1) is 0 Å². The average Bonchev–Trinajstić information content (AvgIpc) is 2.23. The van der Waals surface area contributed by atoms with E-state index in [0.717, 1.165) is 25.9 Å². The zero-order valence-corrected chi connectivity index (χ0v) is 10.6. The maximum absolute atomic E-state index is 8.69. The van der Waals surface area contributed by atoms with E-state index >= 15 is 0 Å². The molecule has 0 rings (SSSR count). The molecule has 3 nitrogen and oxygen atoms in total. The molecule has 0 radical (unpaired) electrons. The Morgan fingerprint density at radius 1 is 1.27 bits per heavy atom. The standard InChI is InChI=1S/C12H28N2O/c1-4-5-9-14(3)10-8-13-12(2)7-6-11-15/h12-13,15H,4-11H2,1-3H3. The number of aliphatic hydroxyl groups is 1. The minimum Gasteiger partial charge on any atom is -0.396 e. The Labute approximate surface area is 94.9 Å². The number of unbranched alkanes of at least 4 members (excludes halogenated alkanes) is 1. The summed E-state index contributed by atoms with van der Waals surface area (Å²) >= 11 is 0. The largest absolute Gasteiger partial charge is 0.396 e. The van der Waals surface area contributed by atoms with Crippen LogP contribution in [0.3, 0.4) is 0 Å². The van der Waals surface area contributed by atoms with Crippen LogP contribution in [0, 0.1) is 0 Å². The first-order chi connectivity index (χ1) is 7.20. The first-order valence-electron chi connectivity index (χ1n) is 6.23. The molecule has 1 atom stereocenters. The minimum atomic E-state index is 0.308. The van der Waals surface area contributed by atoms with Crippen LogP contribution in [-0.2, 0) is 0 Å². The molecule has 92 valence electrons. The van der Waals surface area contributed by atoms with Gasteiger partial charge in [-0.15, -0.1) is 0 Å².